The SMILES string of the molecule is CN=C(NCc1ccnc(-n2cccn2)c1)NCc1cc(C)ccc1OC(F)F. The Morgan fingerprint density at radius 3 is 2.72 bits per heavy atom. The maximum Gasteiger partial charge on any atom is 0.387 e. The van der Waals surface area contributed by atoms with E-state index in [0.717, 1.165) is 11.1 Å². The average Bonchev–Trinajstić information content (AvgIpc) is 3.25. The van der Waals surface area contributed by atoms with Gasteiger partial charge >= 0.3 is 6.61 Å². The van der Waals surface area contributed by atoms with Crippen molar-refractivity contribution in [3.63, 3.8) is 0 Å². The van der Waals surface area contributed by atoms with Gasteiger partial charge in [-0.25, -0.2) is 9.67 Å². The molecule has 0 saturated carbocycles. The van der Waals surface area contributed by atoms with Crippen LogP contribution in [-0.2, 0) is 13.1 Å². The monoisotopic (exact) mass is 400 g/mol. The fraction of sp³-hybridized carbons (Fsp3) is 0.250. The largest absolute Gasteiger partial charge is 0.434 e. The van der Waals surface area contributed by atoms with Gasteiger partial charge in [-0.2, -0.15) is 13.9 Å². The first-order valence-corrected chi connectivity index (χ1v) is 8.99. The van der Waals surface area contributed by atoms with Crippen molar-refractivity contribution < 1.29 is 13.5 Å². The van der Waals surface area contributed by atoms with Crippen LogP contribution >= 0.6 is 0 Å². The van der Waals surface area contributed by atoms with E-state index in [1.54, 1.807) is 42.3 Å². The van der Waals surface area contributed by atoms with E-state index < -0.39 is 6.61 Å². The van der Waals surface area contributed by atoms with Crippen molar-refractivity contribution in [2.75, 3.05) is 7.05 Å². The molecule has 0 radical (unpaired) electrons. The van der Waals surface area contributed by atoms with Gasteiger partial charge < -0.3 is 15.4 Å². The summed E-state index contributed by atoms with van der Waals surface area (Å²) in [7, 11) is 1.64. The number of alkyl halides is 2. The highest BCUT2D eigenvalue weighted by Crippen LogP contribution is 2.22. The Labute approximate surface area is 167 Å². The van der Waals surface area contributed by atoms with Gasteiger partial charge in [-0.3, -0.25) is 4.99 Å². The van der Waals surface area contributed by atoms with Crippen LogP contribution in [0.25, 0.3) is 5.82 Å². The van der Waals surface area contributed by atoms with E-state index in [1.165, 1.54) is 0 Å². The molecule has 3 aromatic rings. The Bertz CT molecular complexity index is 959. The molecule has 1 aromatic carbocycles. The molecule has 0 aliphatic heterocycles. The van der Waals surface area contributed by atoms with Crippen molar-refractivity contribution in [2.45, 2.75) is 26.6 Å². The average molecular weight is 400 g/mol. The summed E-state index contributed by atoms with van der Waals surface area (Å²) in [6.45, 7) is -0.184. The van der Waals surface area contributed by atoms with E-state index in [9.17, 15) is 8.78 Å². The van der Waals surface area contributed by atoms with Crippen LogP contribution < -0.4 is 15.4 Å². The van der Waals surface area contributed by atoms with E-state index in [0.29, 0.717) is 23.9 Å². The number of aryl methyl sites for hydroxylation is 1. The second-order valence-electron chi connectivity index (χ2n) is 6.24. The van der Waals surface area contributed by atoms with Crippen molar-refractivity contribution in [3.05, 3.63) is 71.7 Å². The fourth-order valence-corrected chi connectivity index (χ4v) is 2.74. The molecule has 0 unspecified atom stereocenters. The van der Waals surface area contributed by atoms with E-state index in [1.807, 2.05) is 31.3 Å². The highest BCUT2D eigenvalue weighted by Gasteiger charge is 2.10. The molecule has 0 aliphatic rings. The maximum atomic E-state index is 12.6. The molecule has 0 aliphatic carbocycles. The van der Waals surface area contributed by atoms with Crippen molar-refractivity contribution in [2.24, 2.45) is 4.99 Å². The number of aliphatic imine (C=N–C) groups is 1. The zero-order valence-corrected chi connectivity index (χ0v) is 16.1. The molecule has 0 amide bonds. The van der Waals surface area contributed by atoms with Gasteiger partial charge in [-0.05, 0) is 36.8 Å². The molecular formula is C20H22F2N6O. The van der Waals surface area contributed by atoms with Crippen LogP contribution in [0.4, 0.5) is 8.78 Å². The predicted octanol–water partition coefficient (Wildman–Crippen LogP) is 3.04. The van der Waals surface area contributed by atoms with Crippen molar-refractivity contribution >= 4 is 5.96 Å². The molecule has 0 atom stereocenters. The summed E-state index contributed by atoms with van der Waals surface area (Å²) in [5.74, 6) is 1.39. The lowest BCUT2D eigenvalue weighted by Gasteiger charge is -2.15. The van der Waals surface area contributed by atoms with Gasteiger partial charge in [-0.15, -0.1) is 0 Å². The van der Waals surface area contributed by atoms with Gasteiger partial charge in [0.15, 0.2) is 11.8 Å². The summed E-state index contributed by atoms with van der Waals surface area (Å²) in [6, 6.07) is 10.7. The summed E-state index contributed by atoms with van der Waals surface area (Å²) in [6.07, 6.45) is 5.22. The number of benzene rings is 1. The molecule has 0 bridgehead atoms. The number of pyridine rings is 1. The fourth-order valence-electron chi connectivity index (χ4n) is 2.74. The summed E-state index contributed by atoms with van der Waals surface area (Å²) in [4.78, 5) is 8.47. The minimum Gasteiger partial charge on any atom is -0.434 e. The molecule has 29 heavy (non-hydrogen) atoms. The molecule has 3 rings (SSSR count). The van der Waals surface area contributed by atoms with E-state index in [2.05, 4.69) is 30.4 Å². The highest BCUT2D eigenvalue weighted by molar-refractivity contribution is 5.79. The lowest BCUT2D eigenvalue weighted by Crippen LogP contribution is -2.36. The number of rotatable bonds is 7. The van der Waals surface area contributed by atoms with Gasteiger partial charge in [-0.1, -0.05) is 17.7 Å². The molecule has 2 N–H and O–H groups in total. The van der Waals surface area contributed by atoms with Crippen LogP contribution in [0, 0.1) is 6.92 Å². The number of ether oxygens (including phenoxy) is 1. The first-order chi connectivity index (χ1) is 14.0. The van der Waals surface area contributed by atoms with Crippen molar-refractivity contribution in [1.82, 2.24) is 25.4 Å². The number of hydrogen-bond donors (Lipinski definition) is 2. The summed E-state index contributed by atoms with van der Waals surface area (Å²) >= 11 is 0. The van der Waals surface area contributed by atoms with Gasteiger partial charge in [0.2, 0.25) is 0 Å². The first-order valence-electron chi connectivity index (χ1n) is 8.99. The maximum absolute atomic E-state index is 12.6. The van der Waals surface area contributed by atoms with Crippen molar-refractivity contribution in [3.8, 4) is 11.6 Å². The topological polar surface area (TPSA) is 76.4 Å². The number of guanidine groups is 1. The molecule has 7 nitrogen and oxygen atoms in total. The highest BCUT2D eigenvalue weighted by atomic mass is 19.3. The molecule has 152 valence electrons. The number of nitrogens with zero attached hydrogens (tertiary/aromatic N) is 4. The quantitative estimate of drug-likeness (QED) is 0.471. The number of aromatic nitrogens is 3. The van der Waals surface area contributed by atoms with Crippen molar-refractivity contribution in [1.29, 1.82) is 0 Å². The number of hydrogen-bond acceptors (Lipinski definition) is 4. The molecule has 2 heterocycles. The Morgan fingerprint density at radius 1 is 1.17 bits per heavy atom. The van der Waals surface area contributed by atoms with E-state index in [-0.39, 0.29) is 12.3 Å². The summed E-state index contributed by atoms with van der Waals surface area (Å²) in [5.41, 5.74) is 2.57. The molecular weight excluding hydrogens is 378 g/mol. The second-order valence-corrected chi connectivity index (χ2v) is 6.24. The van der Waals surface area contributed by atoms with Crippen LogP contribution in [-0.4, -0.2) is 34.4 Å². The standard InChI is InChI=1S/C20H22F2N6O/c1-14-4-5-17(29-19(21)22)16(10-14)13-26-20(23-2)25-12-15-6-8-24-18(11-15)28-9-3-7-27-28/h3-11,19H,12-13H2,1-2H3,(H2,23,25,26). The lowest BCUT2D eigenvalue weighted by atomic mass is 10.1. The smallest absolute Gasteiger partial charge is 0.387 e. The summed E-state index contributed by atoms with van der Waals surface area (Å²) in [5, 5.41) is 10.5. The zero-order valence-electron chi connectivity index (χ0n) is 16.1. The third kappa shape index (κ3) is 5.74. The molecule has 0 saturated heterocycles. The van der Waals surface area contributed by atoms with Gasteiger partial charge in [0, 0.05) is 44.3 Å². The molecule has 2 aromatic heterocycles. The van der Waals surface area contributed by atoms with Crippen LogP contribution in [0.2, 0.25) is 0 Å². The number of halogens is 2. The van der Waals surface area contributed by atoms with E-state index >= 15 is 0 Å². The minimum atomic E-state index is -2.87. The lowest BCUT2D eigenvalue weighted by molar-refractivity contribution is -0.0504. The summed E-state index contributed by atoms with van der Waals surface area (Å²) < 4.78 is 31.5. The molecule has 0 spiro atoms. The molecule has 9 heteroatoms. The minimum absolute atomic E-state index is 0.145. The third-order valence-corrected chi connectivity index (χ3v) is 4.11. The van der Waals surface area contributed by atoms with Crippen LogP contribution in [0.3, 0.4) is 0 Å². The molecule has 0 fully saturated rings. The second kappa shape index (κ2) is 9.63. The Hall–Kier alpha value is -3.49. The van der Waals surface area contributed by atoms with Gasteiger partial charge in [0.05, 0.1) is 0 Å². The van der Waals surface area contributed by atoms with Gasteiger partial charge in [0.1, 0.15) is 5.75 Å². The zero-order chi connectivity index (χ0) is 20.6. The van der Waals surface area contributed by atoms with Crippen LogP contribution in [0.1, 0.15) is 16.7 Å². The van der Waals surface area contributed by atoms with Crippen LogP contribution in [0.15, 0.2) is 60.0 Å². The van der Waals surface area contributed by atoms with E-state index in [4.69, 9.17) is 0 Å². The van der Waals surface area contributed by atoms with Gasteiger partial charge in [0.25, 0.3) is 0 Å². The predicted molar refractivity (Wildman–Crippen MR) is 106 cm³/mol. The third-order valence-electron chi connectivity index (χ3n) is 4.11. The first kappa shape index (κ1) is 20.2. The Balaban J connectivity index is 1.61. The number of nitrogens with one attached hydrogen (secondary N) is 2. The Morgan fingerprint density at radius 2 is 2.00 bits per heavy atom. The normalized spacial score (nSPS) is 11.6. The Kier molecular flexibility index (Phi) is 6.72. The van der Waals surface area contributed by atoms with Crippen LogP contribution in [0.5, 0.6) is 5.75 Å².